The Balaban J connectivity index is 2.02. The number of hydrogen-bond acceptors (Lipinski definition) is 4. The van der Waals surface area contributed by atoms with Crippen LogP contribution >= 0.6 is 34.2 Å². The van der Waals surface area contributed by atoms with Gasteiger partial charge in [-0.25, -0.2) is 4.79 Å². The second-order valence-corrected chi connectivity index (χ2v) is 6.99. The van der Waals surface area contributed by atoms with Crippen LogP contribution in [0.25, 0.3) is 11.2 Å². The third-order valence-corrected chi connectivity index (χ3v) is 4.67. The molecular formula is C15H13ClIN5O3. The van der Waals surface area contributed by atoms with Crippen molar-refractivity contribution >= 4 is 57.0 Å². The molecule has 0 aliphatic rings. The number of amides is 1. The number of carbonyl (C=O) groups excluding carboxylic acids is 1. The number of hydrogen-bond donors (Lipinski definition) is 1. The molecule has 10 heteroatoms. The summed E-state index contributed by atoms with van der Waals surface area (Å²) in [7, 11) is 2.85. The van der Waals surface area contributed by atoms with Crippen LogP contribution in [0.2, 0.25) is 5.28 Å². The fraction of sp³-hybridized carbons (Fsp3) is 0.200. The summed E-state index contributed by atoms with van der Waals surface area (Å²) in [5.74, 6) is -0.362. The van der Waals surface area contributed by atoms with Crippen molar-refractivity contribution in [2.45, 2.75) is 6.54 Å². The number of imidazole rings is 1. The standard InChI is InChI=1S/C15H13ClIN5O3/c1-20-12-11(13(24)21(2)15(20)25)22(14(16)19-12)7-10(23)18-9-5-3-4-8(17)6-9/h3-6H,7H2,1-2H3,(H,18,23). The van der Waals surface area contributed by atoms with Gasteiger partial charge in [0.05, 0.1) is 0 Å². The van der Waals surface area contributed by atoms with E-state index in [9.17, 15) is 14.4 Å². The van der Waals surface area contributed by atoms with Crippen molar-refractivity contribution in [2.24, 2.45) is 14.1 Å². The van der Waals surface area contributed by atoms with Crippen molar-refractivity contribution < 1.29 is 4.79 Å². The van der Waals surface area contributed by atoms with Crippen LogP contribution in [0.4, 0.5) is 5.69 Å². The first kappa shape index (κ1) is 17.7. The van der Waals surface area contributed by atoms with E-state index in [-0.39, 0.29) is 28.9 Å². The van der Waals surface area contributed by atoms with Crippen LogP contribution < -0.4 is 16.6 Å². The van der Waals surface area contributed by atoms with Crippen molar-refractivity contribution in [3.63, 3.8) is 0 Å². The number of nitrogens with one attached hydrogen (secondary N) is 1. The molecule has 0 saturated carbocycles. The quantitative estimate of drug-likeness (QED) is 0.459. The van der Waals surface area contributed by atoms with E-state index in [2.05, 4.69) is 32.9 Å². The van der Waals surface area contributed by atoms with E-state index < -0.39 is 11.2 Å². The van der Waals surface area contributed by atoms with Gasteiger partial charge in [-0.05, 0) is 52.4 Å². The first-order chi connectivity index (χ1) is 11.8. The minimum Gasteiger partial charge on any atom is -0.325 e. The van der Waals surface area contributed by atoms with Crippen LogP contribution in [-0.2, 0) is 25.4 Å². The monoisotopic (exact) mass is 473 g/mol. The maximum Gasteiger partial charge on any atom is 0.332 e. The Morgan fingerprint density at radius 2 is 2.00 bits per heavy atom. The Bertz CT molecular complexity index is 1110. The zero-order chi connectivity index (χ0) is 18.3. The van der Waals surface area contributed by atoms with Crippen LogP contribution in [0.5, 0.6) is 0 Å². The van der Waals surface area contributed by atoms with Gasteiger partial charge in [-0.1, -0.05) is 6.07 Å². The highest BCUT2D eigenvalue weighted by atomic mass is 127. The molecule has 0 aliphatic heterocycles. The van der Waals surface area contributed by atoms with Crippen molar-refractivity contribution in [2.75, 3.05) is 5.32 Å². The van der Waals surface area contributed by atoms with Crippen molar-refractivity contribution in [3.8, 4) is 0 Å². The highest BCUT2D eigenvalue weighted by Gasteiger charge is 2.19. The molecule has 0 atom stereocenters. The van der Waals surface area contributed by atoms with Crippen molar-refractivity contribution in [1.29, 1.82) is 0 Å². The lowest BCUT2D eigenvalue weighted by Crippen LogP contribution is -2.37. The molecule has 1 N–H and O–H groups in total. The lowest BCUT2D eigenvalue weighted by atomic mass is 10.3. The third-order valence-electron chi connectivity index (χ3n) is 3.71. The van der Waals surface area contributed by atoms with Crippen LogP contribution in [0.1, 0.15) is 0 Å². The maximum atomic E-state index is 12.4. The fourth-order valence-electron chi connectivity index (χ4n) is 2.47. The maximum absolute atomic E-state index is 12.4. The van der Waals surface area contributed by atoms with E-state index >= 15 is 0 Å². The van der Waals surface area contributed by atoms with Crippen molar-refractivity contribution in [1.82, 2.24) is 18.7 Å². The molecule has 0 bridgehead atoms. The predicted molar refractivity (Wildman–Crippen MR) is 103 cm³/mol. The first-order valence-electron chi connectivity index (χ1n) is 7.16. The van der Waals surface area contributed by atoms with Crippen molar-refractivity contribution in [3.05, 3.63) is 54.0 Å². The Morgan fingerprint density at radius 1 is 1.28 bits per heavy atom. The summed E-state index contributed by atoms with van der Waals surface area (Å²) in [6, 6.07) is 7.30. The summed E-state index contributed by atoms with van der Waals surface area (Å²) in [6.07, 6.45) is 0. The highest BCUT2D eigenvalue weighted by molar-refractivity contribution is 14.1. The predicted octanol–water partition coefficient (Wildman–Crippen LogP) is 1.33. The van der Waals surface area contributed by atoms with Crippen LogP contribution in [-0.4, -0.2) is 24.6 Å². The van der Waals surface area contributed by atoms with Gasteiger partial charge in [-0.3, -0.25) is 23.3 Å². The number of anilines is 1. The second-order valence-electron chi connectivity index (χ2n) is 5.40. The molecule has 1 aromatic carbocycles. The number of nitrogens with zero attached hydrogens (tertiary/aromatic N) is 4. The smallest absolute Gasteiger partial charge is 0.325 e. The van der Waals surface area contributed by atoms with Gasteiger partial charge in [0.25, 0.3) is 5.56 Å². The van der Waals surface area contributed by atoms with E-state index in [1.807, 2.05) is 18.2 Å². The molecule has 8 nitrogen and oxygen atoms in total. The van der Waals surface area contributed by atoms with Gasteiger partial charge in [-0.2, -0.15) is 4.98 Å². The molecule has 0 radical (unpaired) electrons. The van der Waals surface area contributed by atoms with Gasteiger partial charge in [0.15, 0.2) is 11.2 Å². The SMILES string of the molecule is Cn1c(=O)c2c(nc(Cl)n2CC(=O)Nc2cccc(I)c2)n(C)c1=O. The summed E-state index contributed by atoms with van der Waals surface area (Å²) in [4.78, 5) is 40.8. The molecule has 3 aromatic rings. The Hall–Kier alpha value is -2.14. The normalized spacial score (nSPS) is 11.0. The molecule has 0 aliphatic carbocycles. The van der Waals surface area contributed by atoms with Gasteiger partial charge < -0.3 is 5.32 Å². The zero-order valence-corrected chi connectivity index (χ0v) is 16.2. The molecule has 0 spiro atoms. The number of aryl methyl sites for hydroxylation is 1. The largest absolute Gasteiger partial charge is 0.332 e. The van der Waals surface area contributed by atoms with Gasteiger partial charge in [-0.15, -0.1) is 0 Å². The summed E-state index contributed by atoms with van der Waals surface area (Å²) < 4.78 is 4.44. The van der Waals surface area contributed by atoms with Crippen LogP contribution in [0, 0.1) is 3.57 Å². The van der Waals surface area contributed by atoms with E-state index in [4.69, 9.17) is 11.6 Å². The van der Waals surface area contributed by atoms with Crippen LogP contribution in [0.15, 0.2) is 33.9 Å². The molecule has 130 valence electrons. The average molecular weight is 474 g/mol. The summed E-state index contributed by atoms with van der Waals surface area (Å²) >= 11 is 8.24. The molecule has 3 rings (SSSR count). The molecule has 2 aromatic heterocycles. The molecule has 1 amide bonds. The van der Waals surface area contributed by atoms with E-state index in [1.165, 1.54) is 23.2 Å². The second kappa shape index (κ2) is 6.64. The van der Waals surface area contributed by atoms with E-state index in [0.29, 0.717) is 5.69 Å². The summed E-state index contributed by atoms with van der Waals surface area (Å²) in [6.45, 7) is -0.200. The van der Waals surface area contributed by atoms with E-state index in [1.54, 1.807) is 6.07 Å². The highest BCUT2D eigenvalue weighted by Crippen LogP contribution is 2.16. The zero-order valence-electron chi connectivity index (χ0n) is 13.3. The lowest BCUT2D eigenvalue weighted by Gasteiger charge is -2.08. The number of carbonyl (C=O) groups is 1. The number of halogens is 2. The number of fused-ring (bicyclic) bond motifs is 1. The van der Waals surface area contributed by atoms with Gasteiger partial charge in [0, 0.05) is 23.4 Å². The minimum atomic E-state index is -0.556. The molecule has 0 fully saturated rings. The average Bonchev–Trinajstić information content (AvgIpc) is 2.88. The summed E-state index contributed by atoms with van der Waals surface area (Å²) in [5.41, 5.74) is -0.188. The molecule has 0 unspecified atom stereocenters. The molecule has 25 heavy (non-hydrogen) atoms. The summed E-state index contributed by atoms with van der Waals surface area (Å²) in [5, 5.41) is 2.71. The molecule has 2 heterocycles. The van der Waals surface area contributed by atoms with Gasteiger partial charge in [0.1, 0.15) is 6.54 Å². The Morgan fingerprint density at radius 3 is 2.68 bits per heavy atom. The minimum absolute atomic E-state index is 0.0360. The lowest BCUT2D eigenvalue weighted by molar-refractivity contribution is -0.116. The topological polar surface area (TPSA) is 90.9 Å². The van der Waals surface area contributed by atoms with Gasteiger partial charge in [0.2, 0.25) is 11.2 Å². The first-order valence-corrected chi connectivity index (χ1v) is 8.62. The number of rotatable bonds is 3. The number of aromatic nitrogens is 4. The Labute approximate surface area is 160 Å². The number of benzene rings is 1. The van der Waals surface area contributed by atoms with Gasteiger partial charge >= 0.3 is 5.69 Å². The fourth-order valence-corrected chi connectivity index (χ4v) is 3.24. The molecular weight excluding hydrogens is 461 g/mol. The van der Waals surface area contributed by atoms with E-state index in [0.717, 1.165) is 8.14 Å². The molecule has 0 saturated heterocycles. The third kappa shape index (κ3) is 3.21. The van der Waals surface area contributed by atoms with Crippen LogP contribution in [0.3, 0.4) is 0 Å². The Kier molecular flexibility index (Phi) is 4.69.